The van der Waals surface area contributed by atoms with Crippen molar-refractivity contribution in [3.63, 3.8) is 0 Å². The topological polar surface area (TPSA) is 40.5 Å². The molecule has 2 heterocycles. The molecule has 8 aromatic rings. The van der Waals surface area contributed by atoms with Gasteiger partial charge in [0.15, 0.2) is 0 Å². The zero-order valence-corrected chi connectivity index (χ0v) is 31.4. The molecule has 0 amide bonds. The second-order valence-corrected chi connectivity index (χ2v) is 15.8. The molecule has 0 unspecified atom stereocenters. The number of hydrogen-bond donors (Lipinski definition) is 2. The van der Waals surface area contributed by atoms with E-state index in [1.54, 1.807) is 22.7 Å². The summed E-state index contributed by atoms with van der Waals surface area (Å²) in [4.78, 5) is 2.04. The molecule has 2 nitrogen and oxygen atoms in total. The van der Waals surface area contributed by atoms with Gasteiger partial charge in [-0.05, 0) is 94.7 Å². The van der Waals surface area contributed by atoms with Gasteiger partial charge in [-0.1, -0.05) is 156 Å². The first-order valence-electron chi connectivity index (χ1n) is 17.6. The van der Waals surface area contributed by atoms with Gasteiger partial charge in [0.25, 0.3) is 0 Å². The summed E-state index contributed by atoms with van der Waals surface area (Å²) in [7, 11) is 0. The third-order valence-corrected chi connectivity index (χ3v) is 12.3. The molecule has 8 rings (SSSR count). The fraction of sp³-hybridized carbons (Fsp3) is 0.125. The molecular formula is C48H40O2S2. The summed E-state index contributed by atoms with van der Waals surface area (Å²) in [5.74, 6) is 0. The standard InChI is InChI=1S/C48H40O2S2/c1-31-11-19-35(20-12-31)47(49,36-21-13-32(2)14-22-36)43-27-29-51-45(43)41-9-5-8-40-39(41)7-6-10-42(40)46-44(28-30-52-46)48(50,37-23-15-33(3)16-24-37)38-25-17-34(4)18-26-38/h5-30,49-50H,1-4H3. The average Bonchev–Trinajstić information content (AvgIpc) is 3.87. The van der Waals surface area contributed by atoms with Crippen LogP contribution >= 0.6 is 22.7 Å². The molecule has 0 bridgehead atoms. The van der Waals surface area contributed by atoms with Crippen molar-refractivity contribution in [1.29, 1.82) is 0 Å². The number of benzene rings is 6. The zero-order valence-electron chi connectivity index (χ0n) is 29.7. The number of thiophene rings is 2. The molecule has 6 aromatic carbocycles. The van der Waals surface area contributed by atoms with Crippen LogP contribution in [0, 0.1) is 27.7 Å². The molecule has 52 heavy (non-hydrogen) atoms. The van der Waals surface area contributed by atoms with E-state index in [1.807, 2.05) is 48.5 Å². The number of rotatable bonds is 8. The van der Waals surface area contributed by atoms with Crippen LogP contribution in [-0.4, -0.2) is 10.2 Å². The maximum atomic E-state index is 13.0. The van der Waals surface area contributed by atoms with E-state index in [9.17, 15) is 10.2 Å². The van der Waals surface area contributed by atoms with E-state index in [2.05, 4.69) is 136 Å². The Morgan fingerprint density at radius 2 is 0.654 bits per heavy atom. The van der Waals surface area contributed by atoms with E-state index in [4.69, 9.17) is 0 Å². The summed E-state index contributed by atoms with van der Waals surface area (Å²) in [5.41, 5.74) is 9.01. The van der Waals surface area contributed by atoms with E-state index in [1.165, 1.54) is 0 Å². The normalized spacial score (nSPS) is 12.0. The van der Waals surface area contributed by atoms with Crippen LogP contribution in [0.25, 0.3) is 31.7 Å². The fourth-order valence-electron chi connectivity index (χ4n) is 7.45. The van der Waals surface area contributed by atoms with Gasteiger partial charge in [0.2, 0.25) is 0 Å². The average molecular weight is 713 g/mol. The molecular weight excluding hydrogens is 673 g/mol. The van der Waals surface area contributed by atoms with Gasteiger partial charge in [-0.2, -0.15) is 0 Å². The monoisotopic (exact) mass is 712 g/mol. The molecule has 256 valence electrons. The Kier molecular flexibility index (Phi) is 8.81. The maximum Gasteiger partial charge on any atom is 0.141 e. The molecule has 0 atom stereocenters. The Hall–Kier alpha value is -5.10. The van der Waals surface area contributed by atoms with Crippen molar-refractivity contribution in [3.05, 3.63) is 212 Å². The predicted octanol–water partition coefficient (Wildman–Crippen LogP) is 12.1. The highest BCUT2D eigenvalue weighted by atomic mass is 32.1. The Morgan fingerprint density at radius 3 is 0.942 bits per heavy atom. The maximum absolute atomic E-state index is 13.0. The minimum Gasteiger partial charge on any atom is -0.376 e. The molecule has 0 saturated carbocycles. The molecule has 0 saturated heterocycles. The Morgan fingerprint density at radius 1 is 0.365 bits per heavy atom. The SMILES string of the molecule is Cc1ccc(C(O)(c2ccc(C)cc2)c2ccsc2-c2cccc3c(-c4sccc4C(O)(c4ccc(C)cc4)c4ccc(C)cc4)cccc23)cc1. The molecule has 0 aliphatic heterocycles. The van der Waals surface area contributed by atoms with Crippen molar-refractivity contribution >= 4 is 33.4 Å². The van der Waals surface area contributed by atoms with Crippen LogP contribution in [0.3, 0.4) is 0 Å². The first-order chi connectivity index (χ1) is 25.2. The fourth-order valence-corrected chi connectivity index (χ4v) is 9.42. The Bertz CT molecular complexity index is 2230. The Balaban J connectivity index is 1.32. The van der Waals surface area contributed by atoms with Crippen molar-refractivity contribution in [1.82, 2.24) is 0 Å². The lowest BCUT2D eigenvalue weighted by molar-refractivity contribution is 0.126. The number of aliphatic hydroxyl groups is 2. The number of hydrogen-bond acceptors (Lipinski definition) is 4. The Labute approximate surface area is 314 Å². The van der Waals surface area contributed by atoms with E-state index in [-0.39, 0.29) is 0 Å². The van der Waals surface area contributed by atoms with Gasteiger partial charge in [0.05, 0.1) is 0 Å². The minimum absolute atomic E-state index is 0.831. The van der Waals surface area contributed by atoms with E-state index in [0.717, 1.165) is 87.3 Å². The minimum atomic E-state index is -1.37. The first kappa shape index (κ1) is 34.0. The lowest BCUT2D eigenvalue weighted by Crippen LogP contribution is -2.29. The van der Waals surface area contributed by atoms with Crippen LogP contribution in [-0.2, 0) is 11.2 Å². The third kappa shape index (κ3) is 5.73. The van der Waals surface area contributed by atoms with Crippen LogP contribution in [0.1, 0.15) is 55.6 Å². The molecule has 0 aliphatic carbocycles. The highest BCUT2D eigenvalue weighted by molar-refractivity contribution is 7.14. The van der Waals surface area contributed by atoms with Crippen molar-refractivity contribution in [2.45, 2.75) is 38.9 Å². The van der Waals surface area contributed by atoms with Crippen molar-refractivity contribution in [2.75, 3.05) is 0 Å². The first-order valence-corrected chi connectivity index (χ1v) is 19.4. The van der Waals surface area contributed by atoms with Crippen LogP contribution in [0.15, 0.2) is 156 Å². The van der Waals surface area contributed by atoms with Gasteiger partial charge < -0.3 is 10.2 Å². The zero-order chi connectivity index (χ0) is 36.0. The molecule has 0 radical (unpaired) electrons. The molecule has 2 aromatic heterocycles. The summed E-state index contributed by atoms with van der Waals surface area (Å²) in [6.07, 6.45) is 0. The predicted molar refractivity (Wildman–Crippen MR) is 219 cm³/mol. The van der Waals surface area contributed by atoms with Crippen LogP contribution < -0.4 is 0 Å². The van der Waals surface area contributed by atoms with E-state index < -0.39 is 11.2 Å². The summed E-state index contributed by atoms with van der Waals surface area (Å²) in [6, 6.07) is 49.9. The smallest absolute Gasteiger partial charge is 0.141 e. The van der Waals surface area contributed by atoms with Crippen molar-refractivity contribution in [3.8, 4) is 20.9 Å². The van der Waals surface area contributed by atoms with Gasteiger partial charge in [0, 0.05) is 20.9 Å². The van der Waals surface area contributed by atoms with E-state index in [0.29, 0.717) is 0 Å². The highest BCUT2D eigenvalue weighted by Crippen LogP contribution is 2.49. The molecule has 0 fully saturated rings. The number of fused-ring (bicyclic) bond motifs is 1. The highest BCUT2D eigenvalue weighted by Gasteiger charge is 2.38. The van der Waals surface area contributed by atoms with Gasteiger partial charge in [0.1, 0.15) is 11.2 Å². The van der Waals surface area contributed by atoms with Gasteiger partial charge in [-0.3, -0.25) is 0 Å². The summed E-state index contributed by atoms with van der Waals surface area (Å²) >= 11 is 3.30. The van der Waals surface area contributed by atoms with Crippen LogP contribution in [0.4, 0.5) is 0 Å². The molecule has 4 heteroatoms. The molecule has 0 spiro atoms. The van der Waals surface area contributed by atoms with Gasteiger partial charge in [-0.25, -0.2) is 0 Å². The van der Waals surface area contributed by atoms with Crippen LogP contribution in [0.5, 0.6) is 0 Å². The lowest BCUT2D eigenvalue weighted by atomic mass is 9.78. The quantitative estimate of drug-likeness (QED) is 0.165. The lowest BCUT2D eigenvalue weighted by Gasteiger charge is -2.31. The summed E-state index contributed by atoms with van der Waals surface area (Å²) < 4.78 is 0. The van der Waals surface area contributed by atoms with Gasteiger partial charge >= 0.3 is 0 Å². The summed E-state index contributed by atoms with van der Waals surface area (Å²) in [5, 5.41) is 32.3. The largest absolute Gasteiger partial charge is 0.376 e. The summed E-state index contributed by atoms with van der Waals surface area (Å²) in [6.45, 7) is 8.28. The van der Waals surface area contributed by atoms with Gasteiger partial charge in [-0.15, -0.1) is 22.7 Å². The van der Waals surface area contributed by atoms with Crippen molar-refractivity contribution in [2.24, 2.45) is 0 Å². The second kappa shape index (κ2) is 13.5. The molecule has 2 N–H and O–H groups in total. The van der Waals surface area contributed by atoms with Crippen molar-refractivity contribution < 1.29 is 10.2 Å². The van der Waals surface area contributed by atoms with Crippen LogP contribution in [0.2, 0.25) is 0 Å². The third-order valence-electron chi connectivity index (χ3n) is 10.4. The van der Waals surface area contributed by atoms with E-state index >= 15 is 0 Å². The molecule has 0 aliphatic rings. The number of aryl methyl sites for hydroxylation is 4. The second-order valence-electron chi connectivity index (χ2n) is 13.9.